The van der Waals surface area contributed by atoms with Crippen LogP contribution in [0.25, 0.3) is 9.88 Å². The molecule has 4 nitrogen and oxygen atoms in total. The predicted octanol–water partition coefficient (Wildman–Crippen LogP) is 2.79. The lowest BCUT2D eigenvalue weighted by molar-refractivity contribution is -0.134. The maximum atomic E-state index is 12.3. The minimum Gasteiger partial charge on any atom is -0.390 e. The van der Waals surface area contributed by atoms with Crippen molar-refractivity contribution in [2.45, 2.75) is 31.8 Å². The van der Waals surface area contributed by atoms with Crippen molar-refractivity contribution in [1.29, 1.82) is 0 Å². The fraction of sp³-hybridized carbons (Fsp3) is 0.467. The molecule has 112 valence electrons. The average Bonchev–Trinajstić information content (AvgIpc) is 3.08. The van der Waals surface area contributed by atoms with Crippen LogP contribution in [0.15, 0.2) is 22.9 Å². The number of likely N-dealkylation sites (tertiary alicyclic amines) is 1. The Kier molecular flexibility index (Phi) is 4.10. The third kappa shape index (κ3) is 3.51. The van der Waals surface area contributed by atoms with E-state index in [9.17, 15) is 9.90 Å². The van der Waals surface area contributed by atoms with Gasteiger partial charge in [-0.25, -0.2) is 4.98 Å². The van der Waals surface area contributed by atoms with E-state index in [1.54, 1.807) is 22.7 Å². The molecule has 0 aromatic carbocycles. The predicted molar refractivity (Wildman–Crippen MR) is 85.6 cm³/mol. The molecule has 1 fully saturated rings. The van der Waals surface area contributed by atoms with Gasteiger partial charge in [0.05, 0.1) is 22.6 Å². The average molecular weight is 322 g/mol. The van der Waals surface area contributed by atoms with E-state index in [0.717, 1.165) is 15.6 Å². The maximum absolute atomic E-state index is 12.3. The van der Waals surface area contributed by atoms with Crippen LogP contribution in [0.2, 0.25) is 0 Å². The summed E-state index contributed by atoms with van der Waals surface area (Å²) in [5, 5.41) is 14.9. The van der Waals surface area contributed by atoms with Crippen LogP contribution < -0.4 is 0 Å². The van der Waals surface area contributed by atoms with Gasteiger partial charge in [-0.15, -0.1) is 22.7 Å². The summed E-state index contributed by atoms with van der Waals surface area (Å²) in [4.78, 5) is 19.8. The Morgan fingerprint density at radius 2 is 2.19 bits per heavy atom. The molecule has 0 unspecified atom stereocenters. The van der Waals surface area contributed by atoms with Crippen molar-refractivity contribution in [1.82, 2.24) is 9.88 Å². The molecule has 6 heteroatoms. The molecule has 1 amide bonds. The molecule has 3 heterocycles. The summed E-state index contributed by atoms with van der Waals surface area (Å²) >= 11 is 3.25. The van der Waals surface area contributed by atoms with Crippen LogP contribution in [-0.4, -0.2) is 39.6 Å². The molecular formula is C15H18N2O2S2. The highest BCUT2D eigenvalue weighted by atomic mass is 32.1. The summed E-state index contributed by atoms with van der Waals surface area (Å²) < 4.78 is 0. The van der Waals surface area contributed by atoms with Crippen molar-refractivity contribution in [3.63, 3.8) is 0 Å². The molecule has 3 rings (SSSR count). The summed E-state index contributed by atoms with van der Waals surface area (Å²) in [6.07, 6.45) is 1.65. The van der Waals surface area contributed by atoms with Gasteiger partial charge in [-0.05, 0) is 31.2 Å². The highest BCUT2D eigenvalue weighted by Gasteiger charge is 2.29. The first-order chi connectivity index (χ1) is 10.0. The molecule has 1 aliphatic rings. The Labute approximate surface area is 132 Å². The van der Waals surface area contributed by atoms with E-state index in [4.69, 9.17) is 0 Å². The quantitative estimate of drug-likeness (QED) is 0.945. The molecule has 0 radical (unpaired) electrons. The van der Waals surface area contributed by atoms with Crippen LogP contribution in [0.4, 0.5) is 0 Å². The number of amides is 1. The van der Waals surface area contributed by atoms with Crippen LogP contribution in [0.5, 0.6) is 0 Å². The number of thiophene rings is 1. The Bertz CT molecular complexity index is 609. The van der Waals surface area contributed by atoms with Crippen molar-refractivity contribution in [3.05, 3.63) is 28.6 Å². The maximum Gasteiger partial charge on any atom is 0.228 e. The highest BCUT2D eigenvalue weighted by Crippen LogP contribution is 2.28. The van der Waals surface area contributed by atoms with E-state index in [0.29, 0.717) is 32.4 Å². The lowest BCUT2D eigenvalue weighted by Crippen LogP contribution is -2.45. The summed E-state index contributed by atoms with van der Waals surface area (Å²) in [5.74, 6) is 0.105. The fourth-order valence-corrected chi connectivity index (χ4v) is 4.04. The van der Waals surface area contributed by atoms with Gasteiger partial charge in [0, 0.05) is 18.5 Å². The summed E-state index contributed by atoms with van der Waals surface area (Å²) in [7, 11) is 0. The summed E-state index contributed by atoms with van der Waals surface area (Å²) in [6, 6.07) is 4.05. The van der Waals surface area contributed by atoms with Gasteiger partial charge >= 0.3 is 0 Å². The van der Waals surface area contributed by atoms with Crippen molar-refractivity contribution in [3.8, 4) is 9.88 Å². The molecular weight excluding hydrogens is 304 g/mol. The number of piperidine rings is 1. The minimum absolute atomic E-state index is 0.105. The number of hydrogen-bond acceptors (Lipinski definition) is 5. The van der Waals surface area contributed by atoms with Crippen molar-refractivity contribution >= 4 is 28.6 Å². The number of rotatable bonds is 3. The SMILES string of the molecule is CC1(O)CCN(C(=O)Cc2csc(-c3cccs3)n2)CC1. The molecule has 0 aliphatic carbocycles. The molecule has 21 heavy (non-hydrogen) atoms. The molecule has 0 spiro atoms. The van der Waals surface area contributed by atoms with E-state index < -0.39 is 5.60 Å². The van der Waals surface area contributed by atoms with Crippen molar-refractivity contribution in [2.75, 3.05) is 13.1 Å². The van der Waals surface area contributed by atoms with E-state index in [2.05, 4.69) is 4.98 Å². The van der Waals surface area contributed by atoms with Crippen LogP contribution in [0.3, 0.4) is 0 Å². The first-order valence-electron chi connectivity index (χ1n) is 7.02. The van der Waals surface area contributed by atoms with E-state index in [1.165, 1.54) is 0 Å². The van der Waals surface area contributed by atoms with Crippen LogP contribution in [0.1, 0.15) is 25.5 Å². The topological polar surface area (TPSA) is 53.4 Å². The standard InChI is InChI=1S/C15H18N2O2S2/c1-15(19)4-6-17(7-5-15)13(18)9-11-10-21-14(16-11)12-3-2-8-20-12/h2-3,8,10,19H,4-7,9H2,1H3. The van der Waals surface area contributed by atoms with E-state index in [1.807, 2.05) is 34.7 Å². The molecule has 0 atom stereocenters. The second kappa shape index (κ2) is 5.87. The molecule has 1 aliphatic heterocycles. The van der Waals surface area contributed by atoms with Crippen LogP contribution in [0, 0.1) is 0 Å². The van der Waals surface area contributed by atoms with Gasteiger partial charge in [-0.3, -0.25) is 4.79 Å². The van der Waals surface area contributed by atoms with Crippen LogP contribution in [-0.2, 0) is 11.2 Å². The Hall–Kier alpha value is -1.24. The van der Waals surface area contributed by atoms with Gasteiger partial charge in [0.2, 0.25) is 5.91 Å². The van der Waals surface area contributed by atoms with E-state index in [-0.39, 0.29) is 5.91 Å². The summed E-state index contributed by atoms with van der Waals surface area (Å²) in [6.45, 7) is 3.10. The minimum atomic E-state index is -0.621. The fourth-order valence-electron chi connectivity index (χ4n) is 2.41. The number of thiazole rings is 1. The van der Waals surface area contributed by atoms with Crippen molar-refractivity contribution in [2.24, 2.45) is 0 Å². The van der Waals surface area contributed by atoms with Crippen LogP contribution >= 0.6 is 22.7 Å². The number of carbonyl (C=O) groups excluding carboxylic acids is 1. The van der Waals surface area contributed by atoms with E-state index >= 15 is 0 Å². The molecule has 1 N–H and O–H groups in total. The molecule has 2 aromatic rings. The monoisotopic (exact) mass is 322 g/mol. The largest absolute Gasteiger partial charge is 0.390 e. The third-order valence-corrected chi connectivity index (χ3v) is 5.74. The lowest BCUT2D eigenvalue weighted by atomic mass is 9.94. The number of nitrogens with zero attached hydrogens (tertiary/aromatic N) is 2. The second-order valence-electron chi connectivity index (χ2n) is 5.68. The zero-order valence-electron chi connectivity index (χ0n) is 11.9. The van der Waals surface area contributed by atoms with Gasteiger partial charge in [0.25, 0.3) is 0 Å². The van der Waals surface area contributed by atoms with Gasteiger partial charge in [0.1, 0.15) is 5.01 Å². The third-order valence-electron chi connectivity index (χ3n) is 3.81. The Balaban J connectivity index is 1.61. The molecule has 0 saturated carbocycles. The smallest absolute Gasteiger partial charge is 0.228 e. The normalized spacial score (nSPS) is 17.9. The zero-order chi connectivity index (χ0) is 14.9. The number of hydrogen-bond donors (Lipinski definition) is 1. The lowest BCUT2D eigenvalue weighted by Gasteiger charge is -2.35. The highest BCUT2D eigenvalue weighted by molar-refractivity contribution is 7.20. The van der Waals surface area contributed by atoms with Gasteiger partial charge in [0.15, 0.2) is 0 Å². The van der Waals surface area contributed by atoms with Gasteiger partial charge < -0.3 is 10.0 Å². The number of aliphatic hydroxyl groups is 1. The Morgan fingerprint density at radius 3 is 2.86 bits per heavy atom. The number of aromatic nitrogens is 1. The molecule has 1 saturated heterocycles. The number of carbonyl (C=O) groups is 1. The molecule has 2 aromatic heterocycles. The zero-order valence-corrected chi connectivity index (χ0v) is 13.5. The second-order valence-corrected chi connectivity index (χ2v) is 7.48. The van der Waals surface area contributed by atoms with Gasteiger partial charge in [-0.1, -0.05) is 6.07 Å². The van der Waals surface area contributed by atoms with Crippen molar-refractivity contribution < 1.29 is 9.90 Å². The van der Waals surface area contributed by atoms with Gasteiger partial charge in [-0.2, -0.15) is 0 Å². The first-order valence-corrected chi connectivity index (χ1v) is 8.78. The molecule has 0 bridgehead atoms. The Morgan fingerprint density at radius 1 is 1.43 bits per heavy atom. The summed E-state index contributed by atoms with van der Waals surface area (Å²) in [5.41, 5.74) is 0.217. The first kappa shape index (κ1) is 14.7.